The largest absolute Gasteiger partial charge is 0.478 e. The Morgan fingerprint density at radius 3 is 2.37 bits per heavy atom. The molecule has 0 radical (unpaired) electrons. The monoisotopic (exact) mass is 595 g/mol. The van der Waals surface area contributed by atoms with Crippen LogP contribution in [0.2, 0.25) is 0 Å². The van der Waals surface area contributed by atoms with Gasteiger partial charge in [-0.05, 0) is 73.4 Å². The van der Waals surface area contributed by atoms with E-state index in [4.69, 9.17) is 4.74 Å². The van der Waals surface area contributed by atoms with E-state index in [1.165, 1.54) is 12.1 Å². The molecule has 0 amide bonds. The molecule has 43 heavy (non-hydrogen) atoms. The van der Waals surface area contributed by atoms with Gasteiger partial charge in [-0.2, -0.15) is 0 Å². The fourth-order valence-corrected chi connectivity index (χ4v) is 4.80. The minimum Gasteiger partial charge on any atom is -0.478 e. The van der Waals surface area contributed by atoms with E-state index in [2.05, 4.69) is 9.97 Å². The zero-order valence-corrected chi connectivity index (χ0v) is 23.0. The number of carboxylic acid groups (broad SMARTS) is 1. The lowest BCUT2D eigenvalue weighted by atomic mass is 10.0. The first-order valence-electron chi connectivity index (χ1n) is 13.4. The van der Waals surface area contributed by atoms with Crippen LogP contribution in [0.3, 0.4) is 0 Å². The molecule has 0 saturated heterocycles. The molecule has 1 N–H and O–H groups in total. The molecule has 0 spiro atoms. The zero-order valence-electron chi connectivity index (χ0n) is 23.0. The maximum atomic E-state index is 15.3. The van der Waals surface area contributed by atoms with Crippen LogP contribution in [-0.4, -0.2) is 32.5 Å². The van der Waals surface area contributed by atoms with Crippen LogP contribution >= 0.6 is 0 Å². The molecular weight excluding hydrogens is 569 g/mol. The number of aromatic nitrogens is 3. The minimum atomic E-state index is -1.75. The number of carboxylic acids is 1. The summed E-state index contributed by atoms with van der Waals surface area (Å²) >= 11 is 0. The number of benzene rings is 3. The average molecular weight is 596 g/mol. The number of pyridine rings is 1. The Labute approximate surface area is 243 Å². The molecule has 222 valence electrons. The Bertz CT molecular complexity index is 1800. The van der Waals surface area contributed by atoms with E-state index in [1.54, 1.807) is 49.4 Å². The number of nitrogens with zero attached hydrogens (tertiary/aromatic N) is 3. The van der Waals surface area contributed by atoms with Crippen LogP contribution in [0.25, 0.3) is 22.3 Å². The Hall–Kier alpha value is -4.80. The van der Waals surface area contributed by atoms with Crippen molar-refractivity contribution in [1.29, 1.82) is 0 Å². The number of fused-ring (bicyclic) bond motifs is 1. The van der Waals surface area contributed by atoms with Gasteiger partial charge in [-0.25, -0.2) is 36.7 Å². The first-order valence-corrected chi connectivity index (χ1v) is 13.4. The molecule has 0 unspecified atom stereocenters. The van der Waals surface area contributed by atoms with Crippen molar-refractivity contribution in [2.45, 2.75) is 38.8 Å². The summed E-state index contributed by atoms with van der Waals surface area (Å²) < 4.78 is 71.6. The summed E-state index contributed by atoms with van der Waals surface area (Å²) in [6.45, 7) is -0.0217. The Morgan fingerprint density at radius 2 is 1.67 bits per heavy atom. The van der Waals surface area contributed by atoms with Crippen molar-refractivity contribution in [3.8, 4) is 17.1 Å². The number of rotatable bonds is 8. The lowest BCUT2D eigenvalue weighted by Crippen LogP contribution is -2.05. The van der Waals surface area contributed by atoms with Gasteiger partial charge in [0.2, 0.25) is 12.8 Å². The topological polar surface area (TPSA) is 77.2 Å². The van der Waals surface area contributed by atoms with Gasteiger partial charge in [0, 0.05) is 29.7 Å². The van der Waals surface area contributed by atoms with Crippen molar-refractivity contribution in [2.24, 2.45) is 0 Å². The van der Waals surface area contributed by atoms with Gasteiger partial charge in [0.25, 0.3) is 0 Å². The summed E-state index contributed by atoms with van der Waals surface area (Å²) in [6.07, 6.45) is 1.85. The normalized spacial score (nSPS) is 12.6. The number of imidazole rings is 1. The van der Waals surface area contributed by atoms with Crippen LogP contribution in [0.5, 0.6) is 5.88 Å². The van der Waals surface area contributed by atoms with Crippen molar-refractivity contribution in [3.63, 3.8) is 0 Å². The van der Waals surface area contributed by atoms with Crippen molar-refractivity contribution < 1.29 is 36.6 Å². The van der Waals surface area contributed by atoms with Crippen LogP contribution in [0.4, 0.5) is 22.0 Å². The molecule has 1 aliphatic rings. The quantitative estimate of drug-likeness (QED) is 0.185. The van der Waals surface area contributed by atoms with E-state index in [-0.39, 0.29) is 47.3 Å². The number of hydrogen-bond donors (Lipinski definition) is 1. The maximum Gasteiger partial charge on any atom is 0.335 e. The smallest absolute Gasteiger partial charge is 0.335 e. The van der Waals surface area contributed by atoms with E-state index in [0.29, 0.717) is 22.4 Å². The number of carbonyl (C=O) groups is 1. The third-order valence-electron chi connectivity index (χ3n) is 6.99. The van der Waals surface area contributed by atoms with Crippen LogP contribution in [0.1, 0.15) is 51.8 Å². The van der Waals surface area contributed by atoms with Crippen molar-refractivity contribution in [2.75, 3.05) is 6.93 Å². The molecule has 1 aliphatic carbocycles. The molecule has 6 nitrogen and oxygen atoms in total. The van der Waals surface area contributed by atoms with Gasteiger partial charge in [0.05, 0.1) is 22.3 Å². The number of aryl methyl sites for hydroxylation is 1. The number of alkyl halides is 2. The molecule has 0 atom stereocenters. The molecule has 3 aromatic carbocycles. The predicted octanol–water partition coefficient (Wildman–Crippen LogP) is 7.91. The molecule has 2 aromatic heterocycles. The molecule has 1 saturated carbocycles. The van der Waals surface area contributed by atoms with E-state index < -0.39 is 30.3 Å². The molecule has 0 aliphatic heterocycles. The van der Waals surface area contributed by atoms with Crippen molar-refractivity contribution in [3.05, 3.63) is 112 Å². The van der Waals surface area contributed by atoms with Crippen LogP contribution in [0.15, 0.2) is 66.7 Å². The second kappa shape index (κ2) is 12.6. The summed E-state index contributed by atoms with van der Waals surface area (Å²) in [6, 6.07) is 16.6. The highest BCUT2D eigenvalue weighted by molar-refractivity contribution is 5.92. The van der Waals surface area contributed by atoms with Gasteiger partial charge in [-0.15, -0.1) is 0 Å². The number of hydrogen-bond acceptors (Lipinski definition) is 4. The van der Waals surface area contributed by atoms with Gasteiger partial charge in [0.15, 0.2) is 0 Å². The Morgan fingerprint density at radius 1 is 0.930 bits per heavy atom. The Balaban J connectivity index is 0.00000118. The van der Waals surface area contributed by atoms with Crippen LogP contribution < -0.4 is 4.74 Å². The number of ether oxygens (including phenoxy) is 1. The van der Waals surface area contributed by atoms with Gasteiger partial charge >= 0.3 is 5.97 Å². The minimum absolute atomic E-state index is 0.0324. The van der Waals surface area contributed by atoms with Gasteiger partial charge in [-0.3, -0.25) is 0 Å². The zero-order chi connectivity index (χ0) is 30.7. The predicted molar refractivity (Wildman–Crippen MR) is 150 cm³/mol. The lowest BCUT2D eigenvalue weighted by Gasteiger charge is -2.12. The standard InChI is InChI=1S/C31H24F3N3O3.CH2F2/c1-17-5-6-19(23(32)11-17)16-40-30-4-2-3-26(36-30)22-15-24(33)20(12-25(22)34)14-29-35-27-10-7-18(31(38)39)13-28(27)37(29)21-8-9-21;2-1-3/h2-7,10-13,15,21H,8-9,14,16H2,1H3,(H,38,39);1H2. The first-order chi connectivity index (χ1) is 20.7. The average Bonchev–Trinajstić information content (AvgIpc) is 3.75. The highest BCUT2D eigenvalue weighted by atomic mass is 19.3. The molecule has 5 aromatic rings. The fraction of sp³-hybridized carbons (Fsp3) is 0.219. The SMILES string of the molecule is Cc1ccc(COc2cccc(-c3cc(F)c(Cc4nc5ccc(C(=O)O)cc5n4C4CC4)cc3F)n2)c(F)c1.FCF. The second-order valence-corrected chi connectivity index (χ2v) is 10.1. The lowest BCUT2D eigenvalue weighted by molar-refractivity contribution is 0.0697. The summed E-state index contributed by atoms with van der Waals surface area (Å²) in [5, 5.41) is 9.39. The summed E-state index contributed by atoms with van der Waals surface area (Å²) in [7, 11) is 0. The molecule has 2 heterocycles. The first kappa shape index (κ1) is 29.7. The molecule has 1 fully saturated rings. The van der Waals surface area contributed by atoms with E-state index in [9.17, 15) is 23.1 Å². The van der Waals surface area contributed by atoms with Crippen molar-refractivity contribution in [1.82, 2.24) is 14.5 Å². The van der Waals surface area contributed by atoms with E-state index in [0.717, 1.165) is 30.5 Å². The third kappa shape index (κ3) is 6.66. The van der Waals surface area contributed by atoms with Gasteiger partial charge in [0.1, 0.15) is 29.9 Å². The van der Waals surface area contributed by atoms with Crippen LogP contribution in [-0.2, 0) is 13.0 Å². The van der Waals surface area contributed by atoms with Gasteiger partial charge in [-0.1, -0.05) is 18.2 Å². The fourth-order valence-electron chi connectivity index (χ4n) is 4.80. The summed E-state index contributed by atoms with van der Waals surface area (Å²) in [5.41, 5.74) is 2.84. The summed E-state index contributed by atoms with van der Waals surface area (Å²) in [5.74, 6) is -2.01. The number of halogens is 5. The van der Waals surface area contributed by atoms with Crippen LogP contribution in [0, 0.1) is 24.4 Å². The summed E-state index contributed by atoms with van der Waals surface area (Å²) in [4.78, 5) is 20.4. The second-order valence-electron chi connectivity index (χ2n) is 10.1. The van der Waals surface area contributed by atoms with Gasteiger partial charge < -0.3 is 14.4 Å². The van der Waals surface area contributed by atoms with Crippen molar-refractivity contribution >= 4 is 17.0 Å². The molecule has 6 rings (SSSR count). The highest BCUT2D eigenvalue weighted by Crippen LogP contribution is 2.39. The number of aromatic carboxylic acids is 1. The third-order valence-corrected chi connectivity index (χ3v) is 6.99. The van der Waals surface area contributed by atoms with E-state index in [1.807, 2.05) is 4.57 Å². The van der Waals surface area contributed by atoms with E-state index >= 15 is 8.78 Å². The Kier molecular flexibility index (Phi) is 8.70. The molecule has 0 bridgehead atoms. The maximum absolute atomic E-state index is 15.3. The molecule has 11 heteroatoms. The molecular formula is C32H26F5N3O3. The highest BCUT2D eigenvalue weighted by Gasteiger charge is 2.29.